The molecule has 8 heteroatoms. The molecule has 1 amide bonds. The summed E-state index contributed by atoms with van der Waals surface area (Å²) in [6, 6.07) is 14.8. The molecule has 0 saturated heterocycles. The van der Waals surface area contributed by atoms with E-state index in [9.17, 15) is 14.4 Å². The number of carbonyl (C=O) groups is 2. The Morgan fingerprint density at radius 3 is 2.23 bits per heavy atom. The number of hydrogen-bond donors (Lipinski definition) is 1. The second-order valence-electron chi connectivity index (χ2n) is 9.18. The Kier molecular flexibility index (Phi) is 8.86. The second-order valence-corrected chi connectivity index (χ2v) is 10.5. The van der Waals surface area contributed by atoms with Gasteiger partial charge in [-0.15, -0.1) is 0 Å². The summed E-state index contributed by atoms with van der Waals surface area (Å²) >= 11 is 1.30. The molecular weight excluding hydrogens is 460 g/mol. The normalized spacial score (nSPS) is 12.5. The Morgan fingerprint density at radius 2 is 1.63 bits per heavy atom. The van der Waals surface area contributed by atoms with Gasteiger partial charge in [-0.1, -0.05) is 23.9 Å². The van der Waals surface area contributed by atoms with E-state index in [0.717, 1.165) is 0 Å². The molecule has 1 unspecified atom stereocenters. The molecule has 0 radical (unpaired) electrons. The molecule has 0 aliphatic heterocycles. The third kappa shape index (κ3) is 6.58. The maximum Gasteiger partial charge on any atom is 0.262 e. The van der Waals surface area contributed by atoms with Gasteiger partial charge in [-0.3, -0.25) is 23.9 Å². The van der Waals surface area contributed by atoms with Crippen LogP contribution >= 0.6 is 11.8 Å². The highest BCUT2D eigenvalue weighted by Crippen LogP contribution is 2.26. The van der Waals surface area contributed by atoms with E-state index in [4.69, 9.17) is 4.98 Å². The van der Waals surface area contributed by atoms with Crippen molar-refractivity contribution >= 4 is 40.0 Å². The van der Waals surface area contributed by atoms with Gasteiger partial charge in [-0.05, 0) is 71.0 Å². The van der Waals surface area contributed by atoms with Crippen molar-refractivity contribution in [2.45, 2.75) is 70.6 Å². The van der Waals surface area contributed by atoms with Crippen LogP contribution in [0.15, 0.2) is 58.5 Å². The predicted octanol–water partition coefficient (Wildman–Crippen LogP) is 4.84. The number of aromatic nitrogens is 2. The number of rotatable bonds is 10. The fourth-order valence-electron chi connectivity index (χ4n) is 4.13. The first-order valence-electron chi connectivity index (χ1n) is 11.9. The third-order valence-corrected chi connectivity index (χ3v) is 6.97. The number of ketones is 1. The van der Waals surface area contributed by atoms with Crippen molar-refractivity contribution in [3.63, 3.8) is 0 Å². The molecule has 0 aliphatic rings. The van der Waals surface area contributed by atoms with Crippen molar-refractivity contribution in [1.29, 1.82) is 0 Å². The second kappa shape index (κ2) is 11.6. The zero-order valence-corrected chi connectivity index (χ0v) is 22.1. The first-order valence-corrected chi connectivity index (χ1v) is 12.8. The number of Topliss-reactive ketones (excluding diaryl/α,β-unsaturated/α-hetero) is 1. The van der Waals surface area contributed by atoms with E-state index >= 15 is 0 Å². The van der Waals surface area contributed by atoms with Crippen molar-refractivity contribution in [1.82, 2.24) is 14.5 Å². The van der Waals surface area contributed by atoms with E-state index in [1.54, 1.807) is 34.9 Å². The van der Waals surface area contributed by atoms with Gasteiger partial charge in [0, 0.05) is 43.3 Å². The standard InChI is InChI=1S/C27H34N4O3S/c1-17(2)30(18(3)4)15-16-31-26(34)23-9-7-8-10-24(23)29-27(31)35-19(5)25(33)21-11-13-22(14-12-21)28-20(6)32/h7-14,17-19H,15-16H2,1-6H3,(H,28,32). The van der Waals surface area contributed by atoms with E-state index in [0.29, 0.717) is 52.5 Å². The summed E-state index contributed by atoms with van der Waals surface area (Å²) in [5.41, 5.74) is 1.71. The number of hydrogen-bond acceptors (Lipinski definition) is 6. The minimum absolute atomic E-state index is 0.0654. The lowest BCUT2D eigenvalue weighted by molar-refractivity contribution is -0.114. The number of fused-ring (bicyclic) bond motifs is 1. The Morgan fingerprint density at radius 1 is 1.00 bits per heavy atom. The molecule has 3 aromatic rings. The first kappa shape index (κ1) is 26.6. The fraction of sp³-hybridized carbons (Fsp3) is 0.407. The quantitative estimate of drug-likeness (QED) is 0.247. The molecule has 186 valence electrons. The highest BCUT2D eigenvalue weighted by atomic mass is 32.2. The van der Waals surface area contributed by atoms with Gasteiger partial charge in [0.15, 0.2) is 10.9 Å². The van der Waals surface area contributed by atoms with E-state index in [1.807, 2.05) is 25.1 Å². The Hall–Kier alpha value is -2.97. The lowest BCUT2D eigenvalue weighted by Crippen LogP contribution is -2.40. The highest BCUT2D eigenvalue weighted by Gasteiger charge is 2.22. The van der Waals surface area contributed by atoms with Crippen LogP contribution in [0, 0.1) is 0 Å². The molecule has 35 heavy (non-hydrogen) atoms. The third-order valence-electron chi connectivity index (χ3n) is 5.88. The lowest BCUT2D eigenvalue weighted by Gasteiger charge is -2.31. The Bertz CT molecular complexity index is 1240. The number of nitrogens with zero attached hydrogens (tertiary/aromatic N) is 3. The molecule has 3 rings (SSSR count). The summed E-state index contributed by atoms with van der Waals surface area (Å²) in [6.45, 7) is 13.1. The molecule has 2 aromatic carbocycles. The van der Waals surface area contributed by atoms with Crippen LogP contribution in [0.4, 0.5) is 5.69 Å². The summed E-state index contributed by atoms with van der Waals surface area (Å²) in [5, 5.41) is 3.36. The van der Waals surface area contributed by atoms with E-state index in [2.05, 4.69) is 37.9 Å². The number of thioether (sulfide) groups is 1. The maximum atomic E-state index is 13.4. The zero-order chi connectivity index (χ0) is 25.7. The molecule has 7 nitrogen and oxygen atoms in total. The summed E-state index contributed by atoms with van der Waals surface area (Å²) in [7, 11) is 0. The van der Waals surface area contributed by atoms with Crippen molar-refractivity contribution in [2.24, 2.45) is 0 Å². The number of benzene rings is 2. The van der Waals surface area contributed by atoms with Crippen LogP contribution in [0.1, 0.15) is 51.9 Å². The van der Waals surface area contributed by atoms with Crippen LogP contribution in [0.5, 0.6) is 0 Å². The predicted molar refractivity (Wildman–Crippen MR) is 143 cm³/mol. The molecule has 1 atom stereocenters. The monoisotopic (exact) mass is 494 g/mol. The van der Waals surface area contributed by atoms with Crippen LogP contribution in [0.2, 0.25) is 0 Å². The molecular formula is C27H34N4O3S. The van der Waals surface area contributed by atoms with Crippen LogP contribution < -0.4 is 10.9 Å². The molecule has 0 bridgehead atoms. The Labute approximate surface area is 210 Å². The highest BCUT2D eigenvalue weighted by molar-refractivity contribution is 8.00. The van der Waals surface area contributed by atoms with Gasteiger partial charge in [0.2, 0.25) is 5.91 Å². The van der Waals surface area contributed by atoms with Gasteiger partial charge < -0.3 is 5.32 Å². The minimum atomic E-state index is -0.452. The number of anilines is 1. The molecule has 0 saturated carbocycles. The molecule has 0 spiro atoms. The van der Waals surface area contributed by atoms with Gasteiger partial charge in [0.25, 0.3) is 5.56 Å². The first-order chi connectivity index (χ1) is 16.6. The van der Waals surface area contributed by atoms with Crippen LogP contribution in [-0.4, -0.2) is 50.0 Å². The number of nitrogens with one attached hydrogen (secondary N) is 1. The van der Waals surface area contributed by atoms with Crippen LogP contribution in [0.25, 0.3) is 10.9 Å². The largest absolute Gasteiger partial charge is 0.326 e. The average Bonchev–Trinajstić information content (AvgIpc) is 2.80. The van der Waals surface area contributed by atoms with Crippen molar-refractivity contribution in [3.8, 4) is 0 Å². The molecule has 0 aliphatic carbocycles. The van der Waals surface area contributed by atoms with E-state index in [-0.39, 0.29) is 17.2 Å². The summed E-state index contributed by atoms with van der Waals surface area (Å²) < 4.78 is 1.70. The Balaban J connectivity index is 1.90. The molecule has 1 aromatic heterocycles. The average molecular weight is 495 g/mol. The van der Waals surface area contributed by atoms with Crippen LogP contribution in [0.3, 0.4) is 0 Å². The van der Waals surface area contributed by atoms with E-state index < -0.39 is 5.25 Å². The van der Waals surface area contributed by atoms with Gasteiger partial charge in [-0.2, -0.15) is 0 Å². The smallest absolute Gasteiger partial charge is 0.262 e. The molecule has 1 heterocycles. The zero-order valence-electron chi connectivity index (χ0n) is 21.2. The maximum absolute atomic E-state index is 13.4. The van der Waals surface area contributed by atoms with Crippen LogP contribution in [-0.2, 0) is 11.3 Å². The number of carbonyl (C=O) groups excluding carboxylic acids is 2. The number of para-hydroxylation sites is 1. The van der Waals surface area contributed by atoms with E-state index in [1.165, 1.54) is 18.7 Å². The van der Waals surface area contributed by atoms with Gasteiger partial charge in [0.05, 0.1) is 16.2 Å². The fourth-order valence-corrected chi connectivity index (χ4v) is 5.14. The van der Waals surface area contributed by atoms with Gasteiger partial charge in [0.1, 0.15) is 0 Å². The number of amides is 1. The minimum Gasteiger partial charge on any atom is -0.326 e. The van der Waals surface area contributed by atoms with Gasteiger partial charge >= 0.3 is 0 Å². The topological polar surface area (TPSA) is 84.3 Å². The van der Waals surface area contributed by atoms with Crippen molar-refractivity contribution in [2.75, 3.05) is 11.9 Å². The van der Waals surface area contributed by atoms with Crippen molar-refractivity contribution in [3.05, 3.63) is 64.4 Å². The lowest BCUT2D eigenvalue weighted by atomic mass is 10.1. The summed E-state index contributed by atoms with van der Waals surface area (Å²) in [6.07, 6.45) is 0. The summed E-state index contributed by atoms with van der Waals surface area (Å²) in [5.74, 6) is -0.230. The van der Waals surface area contributed by atoms with Crippen molar-refractivity contribution < 1.29 is 9.59 Å². The van der Waals surface area contributed by atoms with Gasteiger partial charge in [-0.25, -0.2) is 4.98 Å². The molecule has 1 N–H and O–H groups in total. The molecule has 0 fully saturated rings. The summed E-state index contributed by atoms with van der Waals surface area (Å²) in [4.78, 5) is 44.9. The SMILES string of the molecule is CC(=O)Nc1ccc(C(=O)C(C)Sc2nc3ccccc3c(=O)n2CCN(C(C)C)C(C)C)cc1.